The summed E-state index contributed by atoms with van der Waals surface area (Å²) >= 11 is 3.61. The zero-order valence-corrected chi connectivity index (χ0v) is 14.3. The second kappa shape index (κ2) is 6.83. The Morgan fingerprint density at radius 2 is 2.16 bits per heavy atom. The van der Waals surface area contributed by atoms with Crippen LogP contribution in [0.25, 0.3) is 0 Å². The van der Waals surface area contributed by atoms with Gasteiger partial charge in [-0.25, -0.2) is 0 Å². The van der Waals surface area contributed by atoms with Gasteiger partial charge in [0.25, 0.3) is 0 Å². The van der Waals surface area contributed by atoms with Crippen LogP contribution in [0.15, 0.2) is 10.7 Å². The molecule has 19 heavy (non-hydrogen) atoms. The maximum atomic E-state index is 5.15. The van der Waals surface area contributed by atoms with Crippen molar-refractivity contribution in [1.29, 1.82) is 0 Å². The van der Waals surface area contributed by atoms with Crippen LogP contribution < -0.4 is 5.32 Å². The summed E-state index contributed by atoms with van der Waals surface area (Å²) in [5, 5.41) is 7.84. The predicted molar refractivity (Wildman–Crippen MR) is 81.4 cm³/mol. The Balaban J connectivity index is 3.14. The fourth-order valence-corrected chi connectivity index (χ4v) is 2.62. The number of aromatic nitrogens is 2. The number of nitrogens with zero attached hydrogens (tertiary/aromatic N) is 3. The van der Waals surface area contributed by atoms with Crippen LogP contribution >= 0.6 is 15.9 Å². The standard InChI is InChI=1S/C13H25BrN4O/c1-13(2,17(4)5)12(15-3)11-10(14)9-16-18(11)7-8-19-6/h9,12,15H,7-8H2,1-6H3. The molecular weight excluding hydrogens is 308 g/mol. The molecule has 0 saturated heterocycles. The zero-order valence-electron chi connectivity index (χ0n) is 12.7. The Morgan fingerprint density at radius 3 is 2.63 bits per heavy atom. The van der Waals surface area contributed by atoms with Crippen molar-refractivity contribution in [3.63, 3.8) is 0 Å². The quantitative estimate of drug-likeness (QED) is 0.828. The molecule has 1 atom stereocenters. The second-order valence-corrected chi connectivity index (χ2v) is 6.22. The molecule has 6 heteroatoms. The monoisotopic (exact) mass is 332 g/mol. The molecule has 1 N–H and O–H groups in total. The molecule has 0 aliphatic rings. The SMILES string of the molecule is CNC(c1c(Br)cnn1CCOC)C(C)(C)N(C)C. The molecule has 1 aromatic heterocycles. The molecule has 0 radical (unpaired) electrons. The molecule has 1 aromatic rings. The van der Waals surface area contributed by atoms with Crippen LogP contribution in [-0.2, 0) is 11.3 Å². The molecule has 1 rings (SSSR count). The molecule has 110 valence electrons. The topological polar surface area (TPSA) is 42.3 Å². The van der Waals surface area contributed by atoms with Gasteiger partial charge in [-0.05, 0) is 50.9 Å². The van der Waals surface area contributed by atoms with Crippen molar-refractivity contribution in [2.75, 3.05) is 34.9 Å². The minimum atomic E-state index is -0.0396. The fourth-order valence-electron chi connectivity index (χ4n) is 2.10. The lowest BCUT2D eigenvalue weighted by Crippen LogP contribution is -2.49. The van der Waals surface area contributed by atoms with E-state index < -0.39 is 0 Å². The summed E-state index contributed by atoms with van der Waals surface area (Å²) in [5.74, 6) is 0. The van der Waals surface area contributed by atoms with Gasteiger partial charge in [0.1, 0.15) is 0 Å². The van der Waals surface area contributed by atoms with Gasteiger partial charge in [0.2, 0.25) is 0 Å². The number of halogens is 1. The normalized spacial score (nSPS) is 14.1. The average molecular weight is 333 g/mol. The molecule has 1 heterocycles. The van der Waals surface area contributed by atoms with E-state index in [0.29, 0.717) is 6.61 Å². The van der Waals surface area contributed by atoms with Crippen LogP contribution in [0.5, 0.6) is 0 Å². The number of nitrogens with one attached hydrogen (secondary N) is 1. The molecule has 0 fully saturated rings. The van der Waals surface area contributed by atoms with Gasteiger partial charge >= 0.3 is 0 Å². The molecule has 1 unspecified atom stereocenters. The largest absolute Gasteiger partial charge is 0.383 e. The third-order valence-electron chi connectivity index (χ3n) is 3.76. The van der Waals surface area contributed by atoms with Gasteiger partial charge in [-0.15, -0.1) is 0 Å². The molecular formula is C13H25BrN4O. The van der Waals surface area contributed by atoms with E-state index >= 15 is 0 Å². The lowest BCUT2D eigenvalue weighted by molar-refractivity contribution is 0.133. The predicted octanol–water partition coefficient (Wildman–Crippen LogP) is 1.89. The van der Waals surface area contributed by atoms with Crippen LogP contribution in [-0.4, -0.2) is 55.1 Å². The first kappa shape index (κ1) is 16.6. The van der Waals surface area contributed by atoms with Gasteiger partial charge in [0.15, 0.2) is 0 Å². The third-order valence-corrected chi connectivity index (χ3v) is 4.37. The second-order valence-electron chi connectivity index (χ2n) is 5.36. The number of hydrogen-bond donors (Lipinski definition) is 1. The van der Waals surface area contributed by atoms with E-state index in [1.807, 2.05) is 17.9 Å². The van der Waals surface area contributed by atoms with Gasteiger partial charge in [-0.2, -0.15) is 5.10 Å². The summed E-state index contributed by atoms with van der Waals surface area (Å²) in [4.78, 5) is 2.22. The van der Waals surface area contributed by atoms with Crippen molar-refractivity contribution >= 4 is 15.9 Å². The van der Waals surface area contributed by atoms with E-state index in [-0.39, 0.29) is 11.6 Å². The number of hydrogen-bond acceptors (Lipinski definition) is 4. The van der Waals surface area contributed by atoms with Crippen LogP contribution in [0.2, 0.25) is 0 Å². The van der Waals surface area contributed by atoms with E-state index in [2.05, 4.69) is 59.2 Å². The van der Waals surface area contributed by atoms with E-state index in [0.717, 1.165) is 16.7 Å². The van der Waals surface area contributed by atoms with Gasteiger partial charge < -0.3 is 15.0 Å². The van der Waals surface area contributed by atoms with Crippen molar-refractivity contribution in [2.45, 2.75) is 32.0 Å². The van der Waals surface area contributed by atoms with Gasteiger partial charge in [0.05, 0.1) is 35.6 Å². The van der Waals surface area contributed by atoms with Gasteiger partial charge in [-0.3, -0.25) is 4.68 Å². The molecule has 0 saturated carbocycles. The Morgan fingerprint density at radius 1 is 1.53 bits per heavy atom. The van der Waals surface area contributed by atoms with Crippen molar-refractivity contribution in [3.8, 4) is 0 Å². The van der Waals surface area contributed by atoms with Crippen molar-refractivity contribution in [2.24, 2.45) is 0 Å². The summed E-state index contributed by atoms with van der Waals surface area (Å²) in [6.45, 7) is 5.83. The summed E-state index contributed by atoms with van der Waals surface area (Å²) in [6, 6.07) is 0.163. The van der Waals surface area contributed by atoms with Crippen molar-refractivity contribution < 1.29 is 4.74 Å². The molecule has 0 amide bonds. The highest BCUT2D eigenvalue weighted by atomic mass is 79.9. The first-order valence-electron chi connectivity index (χ1n) is 6.41. The van der Waals surface area contributed by atoms with Gasteiger partial charge in [0, 0.05) is 12.6 Å². The number of likely N-dealkylation sites (N-methyl/N-ethyl adjacent to an activating group) is 2. The summed E-state index contributed by atoms with van der Waals surface area (Å²) < 4.78 is 8.18. The fraction of sp³-hybridized carbons (Fsp3) is 0.769. The molecule has 0 aliphatic carbocycles. The van der Waals surface area contributed by atoms with Crippen molar-refractivity contribution in [3.05, 3.63) is 16.4 Å². The number of ether oxygens (including phenoxy) is 1. The van der Waals surface area contributed by atoms with Crippen molar-refractivity contribution in [1.82, 2.24) is 20.0 Å². The first-order chi connectivity index (χ1) is 8.86. The number of methoxy groups -OCH3 is 1. The van der Waals surface area contributed by atoms with E-state index in [4.69, 9.17) is 4.74 Å². The Hall–Kier alpha value is -0.430. The maximum Gasteiger partial charge on any atom is 0.0715 e. The molecule has 0 aliphatic heterocycles. The van der Waals surface area contributed by atoms with Crippen LogP contribution in [0.3, 0.4) is 0 Å². The van der Waals surface area contributed by atoms with Crippen LogP contribution in [0, 0.1) is 0 Å². The Bertz CT molecular complexity index is 403. The Kier molecular flexibility index (Phi) is 5.98. The molecule has 5 nitrogen and oxygen atoms in total. The van der Waals surface area contributed by atoms with E-state index in [1.165, 1.54) is 0 Å². The van der Waals surface area contributed by atoms with Gasteiger partial charge in [-0.1, -0.05) is 0 Å². The highest BCUT2D eigenvalue weighted by molar-refractivity contribution is 9.10. The highest BCUT2D eigenvalue weighted by Gasteiger charge is 2.35. The maximum absolute atomic E-state index is 5.15. The van der Waals surface area contributed by atoms with Crippen LogP contribution in [0.4, 0.5) is 0 Å². The first-order valence-corrected chi connectivity index (χ1v) is 7.20. The number of rotatable bonds is 7. The molecule has 0 aromatic carbocycles. The van der Waals surface area contributed by atoms with E-state index in [9.17, 15) is 0 Å². The zero-order chi connectivity index (χ0) is 14.6. The van der Waals surface area contributed by atoms with E-state index in [1.54, 1.807) is 7.11 Å². The summed E-state index contributed by atoms with van der Waals surface area (Å²) in [5.41, 5.74) is 1.11. The third kappa shape index (κ3) is 3.56. The minimum absolute atomic E-state index is 0.0396. The lowest BCUT2D eigenvalue weighted by atomic mass is 9.90. The highest BCUT2D eigenvalue weighted by Crippen LogP contribution is 2.33. The smallest absolute Gasteiger partial charge is 0.0715 e. The van der Waals surface area contributed by atoms with Crippen LogP contribution in [0.1, 0.15) is 25.6 Å². The Labute approximate surface area is 124 Å². The molecule has 0 spiro atoms. The summed E-state index contributed by atoms with van der Waals surface area (Å²) in [6.07, 6.45) is 1.85. The average Bonchev–Trinajstić information content (AvgIpc) is 2.69. The summed E-state index contributed by atoms with van der Waals surface area (Å²) in [7, 11) is 7.87. The molecule has 0 bridgehead atoms. The minimum Gasteiger partial charge on any atom is -0.383 e. The lowest BCUT2D eigenvalue weighted by Gasteiger charge is -2.40.